The van der Waals surface area contributed by atoms with E-state index in [4.69, 9.17) is 23.8 Å². The number of hydrogen-bond acceptors (Lipinski definition) is 5. The van der Waals surface area contributed by atoms with Crippen LogP contribution in [-0.2, 0) is 0 Å². The monoisotopic (exact) mass is 793 g/mol. The molecule has 12 rings (SSSR count). The number of nitrogens with zero attached hydrogens (tertiary/aromatic N) is 3. The molecule has 9 aromatic carbocycles. The highest BCUT2D eigenvalue weighted by Crippen LogP contribution is 2.41. The van der Waals surface area contributed by atoms with Gasteiger partial charge in [-0.05, 0) is 74.8 Å². The molecule has 0 unspecified atom stereocenters. The number of fused-ring (bicyclic) bond motifs is 6. The third-order valence-corrected chi connectivity index (χ3v) is 11.8. The van der Waals surface area contributed by atoms with Gasteiger partial charge in [-0.2, -0.15) is 0 Å². The molecule has 3 heterocycles. The maximum atomic E-state index is 6.50. The van der Waals surface area contributed by atoms with Gasteiger partial charge in [-0.3, -0.25) is 0 Å². The minimum absolute atomic E-state index is 0.577. The van der Waals surface area contributed by atoms with Gasteiger partial charge in [0.1, 0.15) is 22.3 Å². The fourth-order valence-corrected chi connectivity index (χ4v) is 8.80. The Morgan fingerprint density at radius 2 is 0.661 bits per heavy atom. The van der Waals surface area contributed by atoms with E-state index < -0.39 is 0 Å². The topological polar surface area (TPSA) is 65.0 Å². The summed E-state index contributed by atoms with van der Waals surface area (Å²) < 4.78 is 12.7. The van der Waals surface area contributed by atoms with Gasteiger partial charge in [0, 0.05) is 38.2 Å². The average molecular weight is 794 g/mol. The van der Waals surface area contributed by atoms with E-state index in [0.29, 0.717) is 17.5 Å². The van der Waals surface area contributed by atoms with Crippen LogP contribution in [0.25, 0.3) is 123 Å². The van der Waals surface area contributed by atoms with Crippen molar-refractivity contribution in [3.05, 3.63) is 212 Å². The molecule has 0 aliphatic rings. The highest BCUT2D eigenvalue weighted by atomic mass is 16.3. The second kappa shape index (κ2) is 14.7. The van der Waals surface area contributed by atoms with E-state index in [0.717, 1.165) is 82.8 Å². The van der Waals surface area contributed by atoms with E-state index >= 15 is 0 Å². The molecule has 0 saturated carbocycles. The molecule has 0 atom stereocenters. The van der Waals surface area contributed by atoms with Gasteiger partial charge >= 0.3 is 0 Å². The van der Waals surface area contributed by atoms with Gasteiger partial charge in [0.25, 0.3) is 0 Å². The zero-order valence-electron chi connectivity index (χ0n) is 33.4. The summed E-state index contributed by atoms with van der Waals surface area (Å²) in [5.41, 5.74) is 15.2. The Morgan fingerprint density at radius 3 is 1.34 bits per heavy atom. The van der Waals surface area contributed by atoms with Gasteiger partial charge in [-0.25, -0.2) is 15.0 Å². The van der Waals surface area contributed by atoms with Crippen LogP contribution in [0.1, 0.15) is 0 Å². The summed E-state index contributed by atoms with van der Waals surface area (Å²) in [5.74, 6) is 1.77. The van der Waals surface area contributed by atoms with Crippen molar-refractivity contribution in [2.24, 2.45) is 0 Å². The van der Waals surface area contributed by atoms with Crippen molar-refractivity contribution in [1.82, 2.24) is 15.0 Å². The van der Waals surface area contributed by atoms with Crippen LogP contribution in [0.5, 0.6) is 0 Å². The maximum Gasteiger partial charge on any atom is 0.164 e. The summed E-state index contributed by atoms with van der Waals surface area (Å²) in [6.07, 6.45) is 0. The van der Waals surface area contributed by atoms with Crippen molar-refractivity contribution in [3.8, 4) is 78.7 Å². The van der Waals surface area contributed by atoms with Gasteiger partial charge in [0.15, 0.2) is 17.5 Å². The molecule has 5 nitrogen and oxygen atoms in total. The van der Waals surface area contributed by atoms with Crippen molar-refractivity contribution in [3.63, 3.8) is 0 Å². The van der Waals surface area contributed by atoms with E-state index in [1.807, 2.05) is 66.7 Å². The van der Waals surface area contributed by atoms with E-state index in [9.17, 15) is 0 Å². The highest BCUT2D eigenvalue weighted by Gasteiger charge is 2.19. The van der Waals surface area contributed by atoms with Gasteiger partial charge in [-0.1, -0.05) is 182 Å². The molecule has 0 amide bonds. The molecule has 0 bridgehead atoms. The second-order valence-corrected chi connectivity index (χ2v) is 15.5. The quantitative estimate of drug-likeness (QED) is 0.161. The Balaban J connectivity index is 0.948. The highest BCUT2D eigenvalue weighted by molar-refractivity contribution is 6.13. The summed E-state index contributed by atoms with van der Waals surface area (Å²) in [6, 6.07) is 73.4. The first kappa shape index (κ1) is 35.5. The normalized spacial score (nSPS) is 11.5. The molecule has 0 N–H and O–H groups in total. The number of aromatic nitrogens is 3. The maximum absolute atomic E-state index is 6.50. The molecule has 5 heteroatoms. The smallest absolute Gasteiger partial charge is 0.164 e. The predicted octanol–water partition coefficient (Wildman–Crippen LogP) is 15.3. The van der Waals surface area contributed by atoms with Crippen LogP contribution in [0.15, 0.2) is 221 Å². The minimum atomic E-state index is 0.577. The molecule has 0 aliphatic carbocycles. The molecule has 0 fully saturated rings. The number of benzene rings is 9. The van der Waals surface area contributed by atoms with Crippen LogP contribution in [0.4, 0.5) is 0 Å². The predicted molar refractivity (Wildman–Crippen MR) is 252 cm³/mol. The van der Waals surface area contributed by atoms with Crippen molar-refractivity contribution >= 4 is 43.9 Å². The minimum Gasteiger partial charge on any atom is -0.456 e. The van der Waals surface area contributed by atoms with Gasteiger partial charge in [0.2, 0.25) is 0 Å². The zero-order valence-corrected chi connectivity index (χ0v) is 33.4. The zero-order chi connectivity index (χ0) is 41.0. The summed E-state index contributed by atoms with van der Waals surface area (Å²) in [7, 11) is 0. The van der Waals surface area contributed by atoms with Gasteiger partial charge < -0.3 is 8.83 Å². The molecule has 0 saturated heterocycles. The molecular weight excluding hydrogens is 759 g/mol. The van der Waals surface area contributed by atoms with Crippen LogP contribution >= 0.6 is 0 Å². The van der Waals surface area contributed by atoms with Crippen LogP contribution < -0.4 is 0 Å². The Labute approximate surface area is 357 Å². The molecule has 0 spiro atoms. The fraction of sp³-hybridized carbons (Fsp3) is 0. The standard InChI is InChI=1S/C57H35N3O2/c1-3-13-37(14-4-1)43-17-7-8-18-44(43)38-27-25-36(26-28-38)42-33-34-50-48(35-42)54-47(21-12-24-52(54)62-50)57-59-55(40-15-5-2-6-16-40)58-56(60-57)41-31-29-39(30-32-41)45-20-11-23-51-53(45)46-19-9-10-22-49(46)61-51/h1-35H. The molecule has 0 radical (unpaired) electrons. The van der Waals surface area contributed by atoms with Crippen molar-refractivity contribution in [2.75, 3.05) is 0 Å². The number of hydrogen-bond donors (Lipinski definition) is 0. The van der Waals surface area contributed by atoms with E-state index in [2.05, 4.69) is 146 Å². The lowest BCUT2D eigenvalue weighted by atomic mass is 9.93. The van der Waals surface area contributed by atoms with E-state index in [-0.39, 0.29) is 0 Å². The largest absolute Gasteiger partial charge is 0.456 e. The number of furan rings is 2. The lowest BCUT2D eigenvalue weighted by Gasteiger charge is -2.11. The van der Waals surface area contributed by atoms with Crippen molar-refractivity contribution in [1.29, 1.82) is 0 Å². The molecule has 0 aliphatic heterocycles. The third-order valence-electron chi connectivity index (χ3n) is 11.8. The second-order valence-electron chi connectivity index (χ2n) is 15.5. The Bertz CT molecular complexity index is 3610. The van der Waals surface area contributed by atoms with Crippen molar-refractivity contribution in [2.45, 2.75) is 0 Å². The summed E-state index contributed by atoms with van der Waals surface area (Å²) in [4.78, 5) is 15.4. The number of rotatable bonds is 7. The third kappa shape index (κ3) is 6.14. The summed E-state index contributed by atoms with van der Waals surface area (Å²) in [6.45, 7) is 0. The molecule has 62 heavy (non-hydrogen) atoms. The van der Waals surface area contributed by atoms with Crippen LogP contribution in [0.3, 0.4) is 0 Å². The van der Waals surface area contributed by atoms with Crippen LogP contribution in [-0.4, -0.2) is 15.0 Å². The fourth-order valence-electron chi connectivity index (χ4n) is 8.80. The lowest BCUT2D eigenvalue weighted by molar-refractivity contribution is 0.668. The Kier molecular flexibility index (Phi) is 8.42. The molecule has 290 valence electrons. The first-order valence-corrected chi connectivity index (χ1v) is 20.8. The van der Waals surface area contributed by atoms with E-state index in [1.54, 1.807) is 0 Å². The summed E-state index contributed by atoms with van der Waals surface area (Å²) >= 11 is 0. The van der Waals surface area contributed by atoms with Crippen LogP contribution in [0.2, 0.25) is 0 Å². The molecular formula is C57H35N3O2. The summed E-state index contributed by atoms with van der Waals surface area (Å²) in [5, 5.41) is 4.17. The van der Waals surface area contributed by atoms with Gasteiger partial charge in [-0.15, -0.1) is 0 Å². The number of para-hydroxylation sites is 1. The SMILES string of the molecule is c1ccc(-c2nc(-c3ccc(-c4cccc5oc6ccccc6c45)cc3)nc(-c3cccc4oc5ccc(-c6ccc(-c7ccccc7-c7ccccc7)cc6)cc5c34)n2)cc1. The van der Waals surface area contributed by atoms with E-state index in [1.165, 1.54) is 22.3 Å². The average Bonchev–Trinajstić information content (AvgIpc) is 3.93. The molecule has 3 aromatic heterocycles. The molecule has 12 aromatic rings. The first-order chi connectivity index (χ1) is 30.7. The van der Waals surface area contributed by atoms with Crippen molar-refractivity contribution < 1.29 is 8.83 Å². The Hall–Kier alpha value is -8.41. The first-order valence-electron chi connectivity index (χ1n) is 20.8. The van der Waals surface area contributed by atoms with Crippen LogP contribution in [0, 0.1) is 0 Å². The Morgan fingerprint density at radius 1 is 0.242 bits per heavy atom. The van der Waals surface area contributed by atoms with Gasteiger partial charge in [0.05, 0.1) is 0 Å². The lowest BCUT2D eigenvalue weighted by Crippen LogP contribution is -2.00.